The van der Waals surface area contributed by atoms with Crippen molar-refractivity contribution in [2.75, 3.05) is 13.1 Å². The second kappa shape index (κ2) is 8.22. The van der Waals surface area contributed by atoms with Crippen LogP contribution in [0.4, 0.5) is 0 Å². The van der Waals surface area contributed by atoms with E-state index in [9.17, 15) is 13.2 Å². The molecule has 0 bridgehead atoms. The highest BCUT2D eigenvalue weighted by Crippen LogP contribution is 2.28. The minimum Gasteiger partial charge on any atom is -0.423 e. The van der Waals surface area contributed by atoms with Gasteiger partial charge in [0.15, 0.2) is 5.75 Å². The number of pyridine rings is 1. The first-order chi connectivity index (χ1) is 13.9. The zero-order valence-electron chi connectivity index (χ0n) is 15.5. The molecule has 1 saturated heterocycles. The maximum absolute atomic E-state index is 13.0. The van der Waals surface area contributed by atoms with E-state index in [-0.39, 0.29) is 29.9 Å². The predicted molar refractivity (Wildman–Crippen MR) is 113 cm³/mol. The molecule has 8 heteroatoms. The summed E-state index contributed by atoms with van der Waals surface area (Å²) in [6, 6.07) is 16.2. The highest BCUT2D eigenvalue weighted by Gasteiger charge is 2.33. The van der Waals surface area contributed by atoms with Crippen LogP contribution in [-0.2, 0) is 14.8 Å². The van der Waals surface area contributed by atoms with Gasteiger partial charge in [0.1, 0.15) is 4.60 Å². The lowest BCUT2D eigenvalue weighted by atomic mass is 9.98. The zero-order valence-corrected chi connectivity index (χ0v) is 17.9. The molecule has 3 aromatic rings. The Balaban J connectivity index is 1.44. The van der Waals surface area contributed by atoms with Crippen LogP contribution >= 0.6 is 15.9 Å². The average molecular weight is 475 g/mol. The van der Waals surface area contributed by atoms with Crippen molar-refractivity contribution in [3.05, 3.63) is 65.4 Å². The number of fused-ring (bicyclic) bond motifs is 1. The third kappa shape index (κ3) is 4.19. The summed E-state index contributed by atoms with van der Waals surface area (Å²) in [7, 11) is -3.60. The number of sulfonamides is 1. The van der Waals surface area contributed by atoms with Crippen LogP contribution < -0.4 is 4.74 Å². The molecule has 150 valence electrons. The van der Waals surface area contributed by atoms with Crippen LogP contribution in [0, 0.1) is 5.92 Å². The van der Waals surface area contributed by atoms with Crippen LogP contribution in [0.1, 0.15) is 12.8 Å². The molecule has 0 radical (unpaired) electrons. The largest absolute Gasteiger partial charge is 0.423 e. The van der Waals surface area contributed by atoms with Crippen LogP contribution in [0.5, 0.6) is 5.75 Å². The normalized spacial score (nSPS) is 16.0. The van der Waals surface area contributed by atoms with Gasteiger partial charge in [-0.15, -0.1) is 0 Å². The summed E-state index contributed by atoms with van der Waals surface area (Å²) >= 11 is 3.25. The number of nitrogens with zero attached hydrogens (tertiary/aromatic N) is 2. The minimum atomic E-state index is -3.60. The summed E-state index contributed by atoms with van der Waals surface area (Å²) < 4.78 is 33.4. The fourth-order valence-corrected chi connectivity index (χ4v) is 5.28. The molecule has 29 heavy (non-hydrogen) atoms. The van der Waals surface area contributed by atoms with Gasteiger partial charge in [-0.3, -0.25) is 4.79 Å². The second-order valence-corrected chi connectivity index (χ2v) is 9.59. The summed E-state index contributed by atoms with van der Waals surface area (Å²) in [5.74, 6) is -0.338. The molecular weight excluding hydrogens is 456 g/mol. The molecule has 0 N–H and O–H groups in total. The predicted octanol–water partition coefficient (Wildman–Crippen LogP) is 4.00. The van der Waals surface area contributed by atoms with Gasteiger partial charge in [-0.2, -0.15) is 4.31 Å². The van der Waals surface area contributed by atoms with E-state index in [0.29, 0.717) is 23.2 Å². The summed E-state index contributed by atoms with van der Waals surface area (Å²) in [5, 5.41) is 1.88. The lowest BCUT2D eigenvalue weighted by molar-refractivity contribution is -0.140. The molecule has 1 aromatic heterocycles. The van der Waals surface area contributed by atoms with Crippen LogP contribution in [0.2, 0.25) is 0 Å². The third-order valence-corrected chi connectivity index (χ3v) is 7.57. The molecule has 1 aliphatic rings. The Morgan fingerprint density at radius 1 is 1.03 bits per heavy atom. The van der Waals surface area contributed by atoms with E-state index in [4.69, 9.17) is 4.74 Å². The summed E-state index contributed by atoms with van der Waals surface area (Å²) in [6.45, 7) is 0.562. The van der Waals surface area contributed by atoms with E-state index < -0.39 is 10.0 Å². The molecule has 6 nitrogen and oxygen atoms in total. The first-order valence-electron chi connectivity index (χ1n) is 9.26. The van der Waals surface area contributed by atoms with Crippen molar-refractivity contribution in [3.8, 4) is 5.75 Å². The second-order valence-electron chi connectivity index (χ2n) is 6.90. The molecule has 2 aromatic carbocycles. The van der Waals surface area contributed by atoms with Crippen LogP contribution in [0.15, 0.2) is 70.3 Å². The van der Waals surface area contributed by atoms with Crippen molar-refractivity contribution in [2.24, 2.45) is 5.92 Å². The summed E-state index contributed by atoms with van der Waals surface area (Å²) in [4.78, 5) is 16.8. The van der Waals surface area contributed by atoms with Gasteiger partial charge < -0.3 is 4.74 Å². The van der Waals surface area contributed by atoms with Gasteiger partial charge in [-0.25, -0.2) is 13.4 Å². The van der Waals surface area contributed by atoms with E-state index in [0.717, 1.165) is 10.8 Å². The number of ether oxygens (including phenoxy) is 1. The van der Waals surface area contributed by atoms with Gasteiger partial charge in [-0.05, 0) is 63.8 Å². The smallest absolute Gasteiger partial charge is 0.314 e. The molecule has 1 aliphatic heterocycles. The molecule has 2 heterocycles. The maximum Gasteiger partial charge on any atom is 0.314 e. The SMILES string of the molecule is O=C(Oc1cccnc1Br)C1CCN(S(=O)(=O)c2ccc3ccccc3c2)CC1. The fourth-order valence-electron chi connectivity index (χ4n) is 3.45. The van der Waals surface area contributed by atoms with Crippen molar-refractivity contribution in [2.45, 2.75) is 17.7 Å². The standard InChI is InChI=1S/C21H19BrN2O4S/c22-20-19(6-3-11-23-20)28-21(25)16-9-12-24(13-10-16)29(26,27)18-8-7-15-4-1-2-5-17(15)14-18/h1-8,11,14,16H,9-10,12-13H2. The number of benzene rings is 2. The summed E-state index contributed by atoms with van der Waals surface area (Å²) in [5.41, 5.74) is 0. The lowest BCUT2D eigenvalue weighted by Crippen LogP contribution is -2.41. The van der Waals surface area contributed by atoms with E-state index >= 15 is 0 Å². The minimum absolute atomic E-state index is 0.275. The molecule has 0 spiro atoms. The van der Waals surface area contributed by atoms with Crippen LogP contribution in [0.3, 0.4) is 0 Å². The van der Waals surface area contributed by atoms with E-state index in [1.807, 2.05) is 30.3 Å². The Labute approximate surface area is 177 Å². The van der Waals surface area contributed by atoms with Gasteiger partial charge in [0.2, 0.25) is 10.0 Å². The van der Waals surface area contributed by atoms with Crippen LogP contribution in [0.25, 0.3) is 10.8 Å². The lowest BCUT2D eigenvalue weighted by Gasteiger charge is -2.30. The third-order valence-electron chi connectivity index (χ3n) is 5.08. The molecule has 0 saturated carbocycles. The highest BCUT2D eigenvalue weighted by atomic mass is 79.9. The van der Waals surface area contributed by atoms with Crippen LogP contribution in [-0.4, -0.2) is 36.8 Å². The Kier molecular flexibility index (Phi) is 5.67. The number of carbonyl (C=O) groups is 1. The van der Waals surface area contributed by atoms with Crippen molar-refractivity contribution >= 4 is 42.7 Å². The molecule has 0 unspecified atom stereocenters. The number of piperidine rings is 1. The van der Waals surface area contributed by atoms with Gasteiger partial charge in [0, 0.05) is 19.3 Å². The summed E-state index contributed by atoms with van der Waals surface area (Å²) in [6.07, 6.45) is 2.44. The number of hydrogen-bond donors (Lipinski definition) is 0. The molecule has 0 atom stereocenters. The van der Waals surface area contributed by atoms with Crippen molar-refractivity contribution < 1.29 is 17.9 Å². The first kappa shape index (κ1) is 20.0. The highest BCUT2D eigenvalue weighted by molar-refractivity contribution is 9.10. The molecular formula is C21H19BrN2O4S. The molecule has 0 aliphatic carbocycles. The van der Waals surface area contributed by atoms with Crippen molar-refractivity contribution in [3.63, 3.8) is 0 Å². The Hall–Kier alpha value is -2.29. The average Bonchev–Trinajstić information content (AvgIpc) is 2.75. The van der Waals surface area contributed by atoms with Gasteiger partial charge in [0.25, 0.3) is 0 Å². The quantitative estimate of drug-likeness (QED) is 0.421. The van der Waals surface area contributed by atoms with E-state index in [1.54, 1.807) is 30.5 Å². The Morgan fingerprint density at radius 3 is 2.48 bits per heavy atom. The van der Waals surface area contributed by atoms with Crippen molar-refractivity contribution in [1.82, 2.24) is 9.29 Å². The van der Waals surface area contributed by atoms with Gasteiger partial charge in [0.05, 0.1) is 10.8 Å². The Morgan fingerprint density at radius 2 is 1.76 bits per heavy atom. The zero-order chi connectivity index (χ0) is 20.4. The monoisotopic (exact) mass is 474 g/mol. The Bertz CT molecular complexity index is 1160. The number of esters is 1. The number of aromatic nitrogens is 1. The van der Waals surface area contributed by atoms with Crippen molar-refractivity contribution in [1.29, 1.82) is 0 Å². The molecule has 4 rings (SSSR count). The van der Waals surface area contributed by atoms with Gasteiger partial charge in [-0.1, -0.05) is 30.3 Å². The van der Waals surface area contributed by atoms with E-state index in [1.165, 1.54) is 4.31 Å². The number of rotatable bonds is 4. The maximum atomic E-state index is 13.0. The first-order valence-corrected chi connectivity index (χ1v) is 11.5. The number of carbonyl (C=O) groups excluding carboxylic acids is 1. The van der Waals surface area contributed by atoms with Gasteiger partial charge >= 0.3 is 5.97 Å². The topological polar surface area (TPSA) is 76.6 Å². The fraction of sp³-hybridized carbons (Fsp3) is 0.238. The number of halogens is 1. The molecule has 0 amide bonds. The molecule has 1 fully saturated rings. The number of hydrogen-bond acceptors (Lipinski definition) is 5. The van der Waals surface area contributed by atoms with E-state index in [2.05, 4.69) is 20.9 Å².